The van der Waals surface area contributed by atoms with E-state index < -0.39 is 45.4 Å². The lowest BCUT2D eigenvalue weighted by Gasteiger charge is -2.39. The van der Waals surface area contributed by atoms with E-state index in [0.717, 1.165) is 24.8 Å². The standard InChI is InChI=1S/C35H39ClFN5O3S/c1-34(2,3)46(45)41-35(18-17-23-9-10-23,25-7-4-6-24(20-25)22-38)26-11-16-29(37)30(21-26)40-32(43)31-8-5-19-42(31)33(44)39-28-14-12-27(36)13-15-28/h4,6-7,11-16,20-21,23,31,41H,5,8-10,17-19H2,1-3H3,(H,39,44)(H,40,43)/t31-,35?,46-/m1/s1. The number of amides is 3. The van der Waals surface area contributed by atoms with E-state index in [1.54, 1.807) is 54.6 Å². The van der Waals surface area contributed by atoms with E-state index in [9.17, 15) is 19.4 Å². The molecule has 1 saturated carbocycles. The lowest BCUT2D eigenvalue weighted by molar-refractivity contribution is -0.119. The Bertz CT molecular complexity index is 1620. The first-order valence-corrected chi connectivity index (χ1v) is 17.1. The van der Waals surface area contributed by atoms with E-state index in [4.69, 9.17) is 11.6 Å². The highest BCUT2D eigenvalue weighted by atomic mass is 35.5. The second kappa shape index (κ2) is 14.0. The fourth-order valence-corrected chi connectivity index (χ4v) is 6.82. The highest BCUT2D eigenvalue weighted by molar-refractivity contribution is 7.90. The molecule has 46 heavy (non-hydrogen) atoms. The lowest BCUT2D eigenvalue weighted by Crippen LogP contribution is -2.52. The molecule has 1 unspecified atom stereocenters. The molecule has 3 N–H and O–H groups in total. The summed E-state index contributed by atoms with van der Waals surface area (Å²) in [5, 5.41) is 15.8. The minimum absolute atomic E-state index is 0.0389. The molecule has 3 amide bonds. The quantitative estimate of drug-likeness (QED) is 0.194. The van der Waals surface area contributed by atoms with Gasteiger partial charge in [-0.3, -0.25) is 4.79 Å². The van der Waals surface area contributed by atoms with Gasteiger partial charge < -0.3 is 20.1 Å². The maximum atomic E-state index is 15.4. The molecule has 1 aliphatic heterocycles. The van der Waals surface area contributed by atoms with Crippen LogP contribution < -0.4 is 15.4 Å². The Morgan fingerprint density at radius 2 is 1.76 bits per heavy atom. The first-order chi connectivity index (χ1) is 21.9. The number of benzene rings is 3. The molecule has 0 bridgehead atoms. The Balaban J connectivity index is 1.47. The molecule has 11 heteroatoms. The molecule has 1 heterocycles. The monoisotopic (exact) mass is 663 g/mol. The van der Waals surface area contributed by atoms with Crippen LogP contribution in [0.5, 0.6) is 0 Å². The van der Waals surface area contributed by atoms with Crippen molar-refractivity contribution in [1.29, 1.82) is 5.26 Å². The summed E-state index contributed by atoms with van der Waals surface area (Å²) in [5.41, 5.74) is 1.25. The Morgan fingerprint density at radius 1 is 1.04 bits per heavy atom. The third-order valence-corrected chi connectivity index (χ3v) is 10.5. The molecule has 0 spiro atoms. The maximum Gasteiger partial charge on any atom is 0.322 e. The van der Waals surface area contributed by atoms with Gasteiger partial charge in [0.1, 0.15) is 22.1 Å². The van der Waals surface area contributed by atoms with Gasteiger partial charge in [-0.2, -0.15) is 5.26 Å². The van der Waals surface area contributed by atoms with Gasteiger partial charge in [-0.15, -0.1) is 4.72 Å². The number of anilines is 2. The summed E-state index contributed by atoms with van der Waals surface area (Å²) in [5.74, 6) is -0.595. The van der Waals surface area contributed by atoms with Crippen LogP contribution >= 0.6 is 11.6 Å². The molecule has 3 aromatic carbocycles. The normalized spacial score (nSPS) is 18.4. The van der Waals surface area contributed by atoms with Gasteiger partial charge in [0.05, 0.1) is 17.3 Å². The summed E-state index contributed by atoms with van der Waals surface area (Å²) in [7, 11) is 0. The Morgan fingerprint density at radius 3 is 2.43 bits per heavy atom. The summed E-state index contributed by atoms with van der Waals surface area (Å²) < 4.78 is 32.0. The van der Waals surface area contributed by atoms with Crippen LogP contribution in [0.2, 0.25) is 5.02 Å². The van der Waals surface area contributed by atoms with Crippen LogP contribution in [0.25, 0.3) is 0 Å². The van der Waals surface area contributed by atoms with Crippen LogP contribution in [-0.4, -0.2) is 38.7 Å². The van der Waals surface area contributed by atoms with E-state index in [2.05, 4.69) is 21.4 Å². The number of urea groups is 1. The van der Waals surface area contributed by atoms with Crippen LogP contribution in [0.3, 0.4) is 0 Å². The summed E-state index contributed by atoms with van der Waals surface area (Å²) in [6.45, 7) is 6.00. The lowest BCUT2D eigenvalue weighted by atomic mass is 9.79. The van der Waals surface area contributed by atoms with Gasteiger partial charge in [0.15, 0.2) is 0 Å². The predicted molar refractivity (Wildman–Crippen MR) is 180 cm³/mol. The molecule has 0 aromatic heterocycles. The van der Waals surface area contributed by atoms with Crippen molar-refractivity contribution in [3.8, 4) is 6.07 Å². The molecule has 8 nitrogen and oxygen atoms in total. The van der Waals surface area contributed by atoms with Gasteiger partial charge >= 0.3 is 6.03 Å². The van der Waals surface area contributed by atoms with E-state index in [1.807, 2.05) is 26.8 Å². The van der Waals surface area contributed by atoms with Crippen molar-refractivity contribution in [3.63, 3.8) is 0 Å². The van der Waals surface area contributed by atoms with Crippen LogP contribution in [-0.2, 0) is 21.7 Å². The number of carbonyl (C=O) groups is 2. The first-order valence-electron chi connectivity index (χ1n) is 15.5. The Labute approximate surface area is 278 Å². The first kappa shape index (κ1) is 33.7. The van der Waals surface area contributed by atoms with Gasteiger partial charge in [-0.05, 0) is 112 Å². The number of nitrogens with one attached hydrogen (secondary N) is 3. The summed E-state index contributed by atoms with van der Waals surface area (Å²) in [6, 6.07) is 19.3. The minimum Gasteiger partial charge on any atom is -0.598 e. The summed E-state index contributed by atoms with van der Waals surface area (Å²) in [4.78, 5) is 28.2. The topological polar surface area (TPSA) is 120 Å². The molecule has 0 radical (unpaired) electrons. The molecule has 1 saturated heterocycles. The number of hydrogen-bond donors (Lipinski definition) is 3. The number of nitriles is 1. The second-order valence-corrected chi connectivity index (χ2v) is 15.4. The average Bonchev–Trinajstić information content (AvgIpc) is 3.73. The van der Waals surface area contributed by atoms with Crippen molar-refractivity contribution in [2.45, 2.75) is 75.6 Å². The number of likely N-dealkylation sites (tertiary alicyclic amines) is 1. The highest BCUT2D eigenvalue weighted by Crippen LogP contribution is 2.43. The predicted octanol–water partition coefficient (Wildman–Crippen LogP) is 7.47. The zero-order valence-electron chi connectivity index (χ0n) is 26.2. The van der Waals surface area contributed by atoms with E-state index >= 15 is 4.39 Å². The van der Waals surface area contributed by atoms with Crippen molar-refractivity contribution >= 4 is 46.3 Å². The second-order valence-electron chi connectivity index (χ2n) is 13.0. The van der Waals surface area contributed by atoms with Crippen LogP contribution in [0.15, 0.2) is 66.7 Å². The van der Waals surface area contributed by atoms with Crippen LogP contribution in [0.4, 0.5) is 20.6 Å². The molecular weight excluding hydrogens is 625 g/mol. The van der Waals surface area contributed by atoms with Crippen molar-refractivity contribution in [3.05, 3.63) is 94.3 Å². The molecule has 3 aromatic rings. The molecular formula is C35H39ClFN5O3S. The number of rotatable bonds is 10. The average molecular weight is 664 g/mol. The fraction of sp³-hybridized carbons (Fsp3) is 0.400. The fourth-order valence-electron chi connectivity index (χ4n) is 5.73. The molecule has 242 valence electrons. The van der Waals surface area contributed by atoms with Crippen molar-refractivity contribution in [2.75, 3.05) is 17.2 Å². The van der Waals surface area contributed by atoms with Crippen molar-refractivity contribution in [2.24, 2.45) is 5.92 Å². The highest BCUT2D eigenvalue weighted by Gasteiger charge is 2.44. The molecule has 2 aliphatic rings. The van der Waals surface area contributed by atoms with Crippen LogP contribution in [0, 0.1) is 23.1 Å². The molecule has 1 aliphatic carbocycles. The number of hydrogen-bond acceptors (Lipinski definition) is 5. The van der Waals surface area contributed by atoms with Gasteiger partial charge in [-0.1, -0.05) is 42.6 Å². The van der Waals surface area contributed by atoms with Gasteiger partial charge in [-0.25, -0.2) is 9.18 Å². The smallest absolute Gasteiger partial charge is 0.322 e. The number of halogens is 2. The van der Waals surface area contributed by atoms with Gasteiger partial charge in [0.2, 0.25) is 5.91 Å². The number of nitrogens with zero attached hydrogens (tertiary/aromatic N) is 2. The summed E-state index contributed by atoms with van der Waals surface area (Å²) >= 11 is 4.42. The van der Waals surface area contributed by atoms with E-state index in [0.29, 0.717) is 53.6 Å². The third kappa shape index (κ3) is 7.84. The summed E-state index contributed by atoms with van der Waals surface area (Å²) in [6.07, 6.45) is 4.67. The maximum absolute atomic E-state index is 15.4. The zero-order valence-corrected chi connectivity index (χ0v) is 27.8. The van der Waals surface area contributed by atoms with Gasteiger partial charge in [0, 0.05) is 28.6 Å². The Hall–Kier alpha value is -3.62. The van der Waals surface area contributed by atoms with E-state index in [1.165, 1.54) is 11.0 Å². The minimum atomic E-state index is -1.54. The third-order valence-electron chi connectivity index (χ3n) is 8.56. The van der Waals surface area contributed by atoms with Crippen molar-refractivity contribution < 1.29 is 18.5 Å². The van der Waals surface area contributed by atoms with Crippen molar-refractivity contribution in [1.82, 2.24) is 9.62 Å². The number of carbonyl (C=O) groups excluding carboxylic acids is 2. The van der Waals surface area contributed by atoms with Gasteiger partial charge in [0.25, 0.3) is 0 Å². The molecule has 5 rings (SSSR count). The molecule has 3 atom stereocenters. The Kier molecular flexibility index (Phi) is 10.3. The molecule has 2 fully saturated rings. The largest absolute Gasteiger partial charge is 0.598 e. The van der Waals surface area contributed by atoms with Crippen LogP contribution in [0.1, 0.15) is 76.0 Å². The van der Waals surface area contributed by atoms with E-state index in [-0.39, 0.29) is 5.69 Å². The zero-order chi connectivity index (χ0) is 33.1. The SMILES string of the molecule is CC(C)(C)[S@@+]([O-])NC(CCC1CC1)(c1cccc(C#N)c1)c1ccc(F)c(NC(=O)[C@H]2CCCN2C(=O)Nc2ccc(Cl)cc2)c1.